The lowest BCUT2D eigenvalue weighted by Gasteiger charge is -2.30. The molecule has 6 nitrogen and oxygen atoms in total. The quantitative estimate of drug-likeness (QED) is 0.454. The van der Waals surface area contributed by atoms with Crippen molar-refractivity contribution < 1.29 is 18.3 Å². The van der Waals surface area contributed by atoms with Gasteiger partial charge in [-0.25, -0.2) is 18.2 Å². The molecule has 1 amide bonds. The summed E-state index contributed by atoms with van der Waals surface area (Å²) in [5.74, 6) is 0. The van der Waals surface area contributed by atoms with Crippen LogP contribution in [0.25, 0.3) is 11.1 Å². The molecule has 3 rings (SSSR count). The highest BCUT2D eigenvalue weighted by Crippen LogP contribution is 2.41. The van der Waals surface area contributed by atoms with Crippen molar-refractivity contribution in [1.82, 2.24) is 10.3 Å². The lowest BCUT2D eigenvalue weighted by Crippen LogP contribution is -2.44. The highest BCUT2D eigenvalue weighted by molar-refractivity contribution is 7.93. The average molecular weight is 479 g/mol. The molecule has 2 N–H and O–H groups in total. The summed E-state index contributed by atoms with van der Waals surface area (Å²) in [6.07, 6.45) is 0.760. The molecule has 1 atom stereocenters. The van der Waals surface area contributed by atoms with Gasteiger partial charge < -0.3 is 10.4 Å². The molecule has 0 aliphatic rings. The molecule has 3 aromatic rings. The van der Waals surface area contributed by atoms with Gasteiger partial charge in [-0.1, -0.05) is 50.6 Å². The highest BCUT2D eigenvalue weighted by Gasteiger charge is 2.30. The van der Waals surface area contributed by atoms with Crippen LogP contribution in [0.4, 0.5) is 4.79 Å². The summed E-state index contributed by atoms with van der Waals surface area (Å²) in [4.78, 5) is 16.3. The van der Waals surface area contributed by atoms with Crippen LogP contribution in [0.2, 0.25) is 5.15 Å². The predicted molar refractivity (Wildman–Crippen MR) is 123 cm³/mol. The fourth-order valence-electron chi connectivity index (χ4n) is 3.13. The zero-order valence-corrected chi connectivity index (χ0v) is 19.7. The zero-order valence-electron chi connectivity index (χ0n) is 17.3. The Balaban J connectivity index is 2.15. The number of nitrogens with one attached hydrogen (secondary N) is 1. The van der Waals surface area contributed by atoms with Crippen molar-refractivity contribution in [1.29, 1.82) is 0 Å². The minimum Gasteiger partial charge on any atom is -0.465 e. The molecule has 2 aromatic heterocycles. The molecule has 1 unspecified atom stereocenters. The van der Waals surface area contributed by atoms with E-state index in [-0.39, 0.29) is 19.7 Å². The molecule has 9 heteroatoms. The molecule has 0 saturated heterocycles. The Morgan fingerprint density at radius 3 is 2.42 bits per heavy atom. The zero-order chi connectivity index (χ0) is 22.8. The maximum Gasteiger partial charge on any atom is 0.404 e. The van der Waals surface area contributed by atoms with Crippen molar-refractivity contribution in [2.75, 3.05) is 0 Å². The van der Waals surface area contributed by atoms with Crippen molar-refractivity contribution in [2.24, 2.45) is 5.41 Å². The second kappa shape index (κ2) is 8.98. The Bertz CT molecular complexity index is 1190. The number of amides is 1. The van der Waals surface area contributed by atoms with Crippen molar-refractivity contribution in [3.8, 4) is 11.1 Å². The number of aromatic nitrogens is 1. The Labute approximate surface area is 190 Å². The van der Waals surface area contributed by atoms with E-state index in [4.69, 9.17) is 11.6 Å². The van der Waals surface area contributed by atoms with Crippen LogP contribution in [-0.4, -0.2) is 30.6 Å². The largest absolute Gasteiger partial charge is 0.465 e. The first-order valence-electron chi connectivity index (χ1n) is 9.53. The SMILES string of the molecule is CC(C)(C)C(Cc1cc(-c2cccnc2Cl)c(S(=O)(=O)c2ccccc2)s1)NC(=O)O. The number of carbonyl (C=O) groups is 1. The van der Waals surface area contributed by atoms with Gasteiger partial charge in [0.1, 0.15) is 9.36 Å². The fourth-order valence-corrected chi connectivity index (χ4v) is 6.53. The third-order valence-corrected chi connectivity index (χ3v) is 8.61. The van der Waals surface area contributed by atoms with E-state index in [9.17, 15) is 18.3 Å². The van der Waals surface area contributed by atoms with E-state index in [0.717, 1.165) is 16.2 Å². The summed E-state index contributed by atoms with van der Waals surface area (Å²) < 4.78 is 27.1. The van der Waals surface area contributed by atoms with Crippen LogP contribution >= 0.6 is 22.9 Å². The standard InChI is InChI=1S/C22H23ClN2O4S2/c1-22(2,3)18(25-21(26)27)13-14-12-17(16-10-7-11-24-19(16)23)20(30-14)31(28,29)15-8-5-4-6-9-15/h4-12,18,25H,13H2,1-3H3,(H,26,27). The van der Waals surface area contributed by atoms with Crippen LogP contribution in [0.15, 0.2) is 63.8 Å². The Kier molecular flexibility index (Phi) is 6.73. The maximum atomic E-state index is 13.5. The summed E-state index contributed by atoms with van der Waals surface area (Å²) >= 11 is 7.42. The number of nitrogens with zero attached hydrogens (tertiary/aromatic N) is 1. The molecule has 0 saturated carbocycles. The smallest absolute Gasteiger partial charge is 0.404 e. The van der Waals surface area contributed by atoms with Crippen molar-refractivity contribution in [3.63, 3.8) is 0 Å². The van der Waals surface area contributed by atoms with Gasteiger partial charge in [-0.05, 0) is 35.7 Å². The molecule has 0 bridgehead atoms. The molecule has 31 heavy (non-hydrogen) atoms. The van der Waals surface area contributed by atoms with E-state index >= 15 is 0 Å². The number of benzene rings is 1. The Hall–Kier alpha value is -2.42. The number of carboxylic acid groups (broad SMARTS) is 1. The van der Waals surface area contributed by atoms with E-state index in [0.29, 0.717) is 17.5 Å². The number of pyridine rings is 1. The minimum absolute atomic E-state index is 0.159. The maximum absolute atomic E-state index is 13.5. The molecule has 164 valence electrons. The second-order valence-electron chi connectivity index (χ2n) is 8.14. The van der Waals surface area contributed by atoms with Gasteiger partial charge in [-0.15, -0.1) is 11.3 Å². The van der Waals surface area contributed by atoms with E-state index < -0.39 is 22.0 Å². The number of halogens is 1. The van der Waals surface area contributed by atoms with Crippen LogP contribution in [0.1, 0.15) is 25.6 Å². The molecule has 0 aliphatic carbocycles. The average Bonchev–Trinajstić information content (AvgIpc) is 3.12. The monoisotopic (exact) mass is 478 g/mol. The fraction of sp³-hybridized carbons (Fsp3) is 0.273. The molecular weight excluding hydrogens is 456 g/mol. The molecule has 2 heterocycles. The summed E-state index contributed by atoms with van der Waals surface area (Å²) in [5.41, 5.74) is 0.608. The number of rotatable bonds is 6. The molecular formula is C22H23ClN2O4S2. The van der Waals surface area contributed by atoms with Crippen LogP contribution in [0.5, 0.6) is 0 Å². The van der Waals surface area contributed by atoms with Gasteiger partial charge in [0.15, 0.2) is 0 Å². The number of hydrogen-bond donors (Lipinski definition) is 2. The van der Waals surface area contributed by atoms with Crippen LogP contribution < -0.4 is 5.32 Å². The Morgan fingerprint density at radius 1 is 1.16 bits per heavy atom. The first kappa shape index (κ1) is 23.2. The topological polar surface area (TPSA) is 96.4 Å². The van der Waals surface area contributed by atoms with Gasteiger partial charge in [0.25, 0.3) is 0 Å². The van der Waals surface area contributed by atoms with Crippen molar-refractivity contribution >= 4 is 38.9 Å². The molecule has 0 fully saturated rings. The van der Waals surface area contributed by atoms with Crippen LogP contribution in [0, 0.1) is 5.41 Å². The minimum atomic E-state index is -3.81. The third kappa shape index (κ3) is 5.26. The summed E-state index contributed by atoms with van der Waals surface area (Å²) in [6, 6.07) is 13.0. The van der Waals surface area contributed by atoms with Crippen LogP contribution in [-0.2, 0) is 16.3 Å². The van der Waals surface area contributed by atoms with Crippen molar-refractivity contribution in [2.45, 2.75) is 42.3 Å². The number of thiophene rings is 1. The predicted octanol–water partition coefficient (Wildman–Crippen LogP) is 5.52. The lowest BCUT2D eigenvalue weighted by molar-refractivity contribution is 0.174. The molecule has 1 aromatic carbocycles. The summed E-state index contributed by atoms with van der Waals surface area (Å²) in [5, 5.41) is 12.0. The first-order chi connectivity index (χ1) is 14.5. The van der Waals surface area contributed by atoms with E-state index in [2.05, 4.69) is 10.3 Å². The second-order valence-corrected chi connectivity index (χ2v) is 11.8. The van der Waals surface area contributed by atoms with E-state index in [1.807, 2.05) is 20.8 Å². The van der Waals surface area contributed by atoms with E-state index in [1.165, 1.54) is 6.20 Å². The van der Waals surface area contributed by atoms with E-state index in [1.54, 1.807) is 48.5 Å². The molecule has 0 spiro atoms. The summed E-state index contributed by atoms with van der Waals surface area (Å²) in [6.45, 7) is 5.80. The van der Waals surface area contributed by atoms with Gasteiger partial charge in [-0.2, -0.15) is 0 Å². The van der Waals surface area contributed by atoms with Crippen molar-refractivity contribution in [3.05, 3.63) is 64.8 Å². The van der Waals surface area contributed by atoms with Gasteiger partial charge >= 0.3 is 6.09 Å². The van der Waals surface area contributed by atoms with Gasteiger partial charge in [0.2, 0.25) is 9.84 Å². The summed E-state index contributed by atoms with van der Waals surface area (Å²) in [7, 11) is -3.81. The third-order valence-electron chi connectivity index (χ3n) is 4.84. The Morgan fingerprint density at radius 2 is 1.84 bits per heavy atom. The number of hydrogen-bond acceptors (Lipinski definition) is 5. The number of sulfone groups is 1. The van der Waals surface area contributed by atoms with Gasteiger partial charge in [-0.3, -0.25) is 0 Å². The molecule has 0 radical (unpaired) electrons. The normalized spacial score (nSPS) is 13.0. The first-order valence-corrected chi connectivity index (χ1v) is 12.2. The highest BCUT2D eigenvalue weighted by atomic mass is 35.5. The van der Waals surface area contributed by atoms with Gasteiger partial charge in [0, 0.05) is 34.7 Å². The van der Waals surface area contributed by atoms with Gasteiger partial charge in [0.05, 0.1) is 4.90 Å². The lowest BCUT2D eigenvalue weighted by atomic mass is 9.84. The molecule has 0 aliphatic heterocycles. The van der Waals surface area contributed by atoms with Crippen LogP contribution in [0.3, 0.4) is 0 Å².